The normalized spacial score (nSPS) is 18.9. The van der Waals surface area contributed by atoms with Gasteiger partial charge in [0, 0.05) is 19.5 Å². The lowest BCUT2D eigenvalue weighted by Crippen LogP contribution is -2.28. The van der Waals surface area contributed by atoms with Gasteiger partial charge in [-0.15, -0.1) is 0 Å². The predicted molar refractivity (Wildman–Crippen MR) is 78.2 cm³/mol. The van der Waals surface area contributed by atoms with Crippen LogP contribution in [-0.4, -0.2) is 24.1 Å². The predicted octanol–water partition coefficient (Wildman–Crippen LogP) is 4.04. The summed E-state index contributed by atoms with van der Waals surface area (Å²) in [4.78, 5) is 2.25. The van der Waals surface area contributed by atoms with Crippen LogP contribution in [0.5, 0.6) is 0 Å². The van der Waals surface area contributed by atoms with Gasteiger partial charge < -0.3 is 9.64 Å². The molecular weight excluding hydrogens is 222 g/mol. The fourth-order valence-electron chi connectivity index (χ4n) is 1.96. The number of ether oxygens (including phenoxy) is 1. The SMILES string of the molecule is C=CC(C)OC1=C(N(C)C(C)/C=C\C)C=CCC1. The number of nitrogens with zero attached hydrogens (tertiary/aromatic N) is 1. The molecule has 1 rings (SSSR count). The third-order valence-electron chi connectivity index (χ3n) is 3.22. The average molecular weight is 247 g/mol. The first-order chi connectivity index (χ1) is 8.60. The molecular formula is C16H25NO. The molecule has 100 valence electrons. The summed E-state index contributed by atoms with van der Waals surface area (Å²) < 4.78 is 5.95. The van der Waals surface area contributed by atoms with Gasteiger partial charge in [-0.3, -0.25) is 0 Å². The summed E-state index contributed by atoms with van der Waals surface area (Å²) in [7, 11) is 2.11. The Bertz CT molecular complexity index is 365. The van der Waals surface area contributed by atoms with Gasteiger partial charge in [0.25, 0.3) is 0 Å². The molecule has 0 saturated carbocycles. The largest absolute Gasteiger partial charge is 0.489 e. The van der Waals surface area contributed by atoms with Crippen molar-refractivity contribution in [1.82, 2.24) is 4.90 Å². The van der Waals surface area contributed by atoms with Gasteiger partial charge >= 0.3 is 0 Å². The van der Waals surface area contributed by atoms with Crippen molar-refractivity contribution in [3.8, 4) is 0 Å². The van der Waals surface area contributed by atoms with Crippen LogP contribution in [0.25, 0.3) is 0 Å². The van der Waals surface area contributed by atoms with Crippen molar-refractivity contribution in [2.45, 2.75) is 45.8 Å². The molecule has 0 saturated heterocycles. The van der Waals surface area contributed by atoms with Crippen molar-refractivity contribution in [2.75, 3.05) is 7.05 Å². The Morgan fingerprint density at radius 3 is 2.78 bits per heavy atom. The number of allylic oxidation sites excluding steroid dienone is 4. The Morgan fingerprint density at radius 2 is 2.17 bits per heavy atom. The summed E-state index contributed by atoms with van der Waals surface area (Å²) in [6.45, 7) is 10.0. The molecule has 0 aromatic carbocycles. The van der Waals surface area contributed by atoms with Crippen LogP contribution < -0.4 is 0 Å². The highest BCUT2D eigenvalue weighted by atomic mass is 16.5. The van der Waals surface area contributed by atoms with Crippen molar-refractivity contribution in [3.05, 3.63) is 48.4 Å². The number of likely N-dealkylation sites (N-methyl/N-ethyl adjacent to an activating group) is 1. The zero-order valence-corrected chi connectivity index (χ0v) is 12.0. The molecule has 0 aromatic rings. The Labute approximate surface area is 111 Å². The number of rotatable bonds is 6. The van der Waals surface area contributed by atoms with Crippen molar-refractivity contribution in [3.63, 3.8) is 0 Å². The molecule has 0 bridgehead atoms. The van der Waals surface area contributed by atoms with Gasteiger partial charge in [0.15, 0.2) is 0 Å². The lowest BCUT2D eigenvalue weighted by atomic mass is 10.1. The summed E-state index contributed by atoms with van der Waals surface area (Å²) >= 11 is 0. The number of hydrogen-bond acceptors (Lipinski definition) is 2. The second-order valence-electron chi connectivity index (χ2n) is 4.69. The molecule has 2 unspecified atom stereocenters. The molecule has 0 aromatic heterocycles. The maximum absolute atomic E-state index is 5.95. The van der Waals surface area contributed by atoms with Crippen LogP contribution >= 0.6 is 0 Å². The van der Waals surface area contributed by atoms with Crippen LogP contribution in [0.1, 0.15) is 33.6 Å². The highest BCUT2D eigenvalue weighted by Crippen LogP contribution is 2.25. The standard InChI is InChI=1S/C16H25NO/c1-6-10-13(3)17(5)15-11-8-9-12-16(15)18-14(4)7-2/h6-8,10-11,13-14H,2,9,12H2,1,3-5H3/b10-6-. The van der Waals surface area contributed by atoms with Gasteiger partial charge in [-0.05, 0) is 33.3 Å². The van der Waals surface area contributed by atoms with E-state index in [1.54, 1.807) is 0 Å². The van der Waals surface area contributed by atoms with Crippen LogP contribution in [0.4, 0.5) is 0 Å². The monoisotopic (exact) mass is 247 g/mol. The van der Waals surface area contributed by atoms with E-state index in [1.807, 2.05) is 19.9 Å². The lowest BCUT2D eigenvalue weighted by molar-refractivity contribution is 0.149. The maximum atomic E-state index is 5.95. The van der Waals surface area contributed by atoms with E-state index in [9.17, 15) is 0 Å². The number of hydrogen-bond donors (Lipinski definition) is 0. The average Bonchev–Trinajstić information content (AvgIpc) is 2.38. The van der Waals surface area contributed by atoms with Crippen LogP contribution in [0.15, 0.2) is 48.4 Å². The van der Waals surface area contributed by atoms with Gasteiger partial charge in [0.1, 0.15) is 11.9 Å². The van der Waals surface area contributed by atoms with E-state index >= 15 is 0 Å². The first kappa shape index (κ1) is 14.6. The summed E-state index contributed by atoms with van der Waals surface area (Å²) in [5, 5.41) is 0. The smallest absolute Gasteiger partial charge is 0.120 e. The Balaban J connectivity index is 2.91. The summed E-state index contributed by atoms with van der Waals surface area (Å²) in [5.74, 6) is 1.07. The van der Waals surface area contributed by atoms with Gasteiger partial charge in [0.05, 0.1) is 5.70 Å². The maximum Gasteiger partial charge on any atom is 0.120 e. The van der Waals surface area contributed by atoms with Crippen molar-refractivity contribution >= 4 is 0 Å². The Hall–Kier alpha value is -1.44. The van der Waals surface area contributed by atoms with Crippen molar-refractivity contribution < 1.29 is 4.74 Å². The summed E-state index contributed by atoms with van der Waals surface area (Å²) in [6, 6.07) is 0.366. The van der Waals surface area contributed by atoms with E-state index in [2.05, 4.69) is 49.8 Å². The minimum Gasteiger partial charge on any atom is -0.489 e. The van der Waals surface area contributed by atoms with Crippen molar-refractivity contribution in [2.24, 2.45) is 0 Å². The van der Waals surface area contributed by atoms with E-state index < -0.39 is 0 Å². The molecule has 2 heteroatoms. The van der Waals surface area contributed by atoms with Crippen LogP contribution in [0, 0.1) is 0 Å². The first-order valence-corrected chi connectivity index (χ1v) is 6.64. The van der Waals surface area contributed by atoms with E-state index in [0.717, 1.165) is 18.6 Å². The van der Waals surface area contributed by atoms with Gasteiger partial charge in [0.2, 0.25) is 0 Å². The summed E-state index contributed by atoms with van der Waals surface area (Å²) in [6.07, 6.45) is 12.6. The molecule has 2 nitrogen and oxygen atoms in total. The second kappa shape index (κ2) is 7.10. The minimum absolute atomic E-state index is 0.0620. The molecule has 2 atom stereocenters. The second-order valence-corrected chi connectivity index (χ2v) is 4.69. The zero-order valence-electron chi connectivity index (χ0n) is 12.0. The third kappa shape index (κ3) is 3.80. The first-order valence-electron chi connectivity index (χ1n) is 6.64. The van der Waals surface area contributed by atoms with Crippen molar-refractivity contribution in [1.29, 1.82) is 0 Å². The molecule has 0 N–H and O–H groups in total. The Kier molecular flexibility index (Phi) is 5.76. The molecule has 0 radical (unpaired) electrons. The van der Waals surface area contributed by atoms with Gasteiger partial charge in [-0.2, -0.15) is 0 Å². The quantitative estimate of drug-likeness (QED) is 0.657. The topological polar surface area (TPSA) is 12.5 Å². The van der Waals surface area contributed by atoms with E-state index in [0.29, 0.717) is 6.04 Å². The van der Waals surface area contributed by atoms with E-state index in [-0.39, 0.29) is 6.10 Å². The molecule has 18 heavy (non-hydrogen) atoms. The van der Waals surface area contributed by atoms with Crippen LogP contribution in [-0.2, 0) is 4.74 Å². The lowest BCUT2D eigenvalue weighted by Gasteiger charge is -2.30. The molecule has 1 aliphatic rings. The molecule has 0 heterocycles. The van der Waals surface area contributed by atoms with Crippen LogP contribution in [0.2, 0.25) is 0 Å². The summed E-state index contributed by atoms with van der Waals surface area (Å²) in [5.41, 5.74) is 1.18. The fourth-order valence-corrected chi connectivity index (χ4v) is 1.96. The van der Waals surface area contributed by atoms with E-state index in [4.69, 9.17) is 4.74 Å². The molecule has 0 fully saturated rings. The molecule has 0 spiro atoms. The van der Waals surface area contributed by atoms with Gasteiger partial charge in [-0.25, -0.2) is 0 Å². The fraction of sp³-hybridized carbons (Fsp3) is 0.500. The third-order valence-corrected chi connectivity index (χ3v) is 3.22. The van der Waals surface area contributed by atoms with E-state index in [1.165, 1.54) is 5.70 Å². The highest BCUT2D eigenvalue weighted by Gasteiger charge is 2.17. The van der Waals surface area contributed by atoms with Crippen LogP contribution in [0.3, 0.4) is 0 Å². The highest BCUT2D eigenvalue weighted by molar-refractivity contribution is 5.26. The molecule has 0 aliphatic heterocycles. The zero-order chi connectivity index (χ0) is 13.5. The Morgan fingerprint density at radius 1 is 1.44 bits per heavy atom. The molecule has 0 amide bonds. The minimum atomic E-state index is 0.0620. The molecule has 1 aliphatic carbocycles. The van der Waals surface area contributed by atoms with Gasteiger partial charge in [-0.1, -0.05) is 30.9 Å².